The van der Waals surface area contributed by atoms with Crippen molar-refractivity contribution in [3.8, 4) is 5.75 Å². The van der Waals surface area contributed by atoms with E-state index in [-0.39, 0.29) is 53.4 Å². The van der Waals surface area contributed by atoms with Crippen LogP contribution in [0.3, 0.4) is 0 Å². The van der Waals surface area contributed by atoms with Gasteiger partial charge in [0.25, 0.3) is 5.91 Å². The number of halogens is 3. The molecule has 0 unspecified atom stereocenters. The Morgan fingerprint density at radius 1 is 1.02 bits per heavy atom. The fourth-order valence-corrected chi connectivity index (χ4v) is 6.83. The minimum Gasteiger partial charge on any atom is -0.490 e. The molecule has 1 aliphatic rings. The van der Waals surface area contributed by atoms with Gasteiger partial charge >= 0.3 is 12.2 Å². The maximum absolute atomic E-state index is 14.3. The molecule has 0 aromatic heterocycles. The van der Waals surface area contributed by atoms with E-state index in [2.05, 4.69) is 10.6 Å². The Hall–Kier alpha value is -4.18. The number of carbonyl (C=O) groups is 2. The van der Waals surface area contributed by atoms with Gasteiger partial charge in [-0.15, -0.1) is 0 Å². The van der Waals surface area contributed by atoms with Crippen molar-refractivity contribution in [2.45, 2.75) is 69.4 Å². The molecule has 3 aromatic carbocycles. The third kappa shape index (κ3) is 10.7. The summed E-state index contributed by atoms with van der Waals surface area (Å²) in [7, 11) is -2.34. The van der Waals surface area contributed by atoms with Crippen LogP contribution in [0.2, 0.25) is 0 Å². The summed E-state index contributed by atoms with van der Waals surface area (Å²) in [5, 5.41) is 15.3. The number of nitrogens with one attached hydrogen (secondary N) is 2. The van der Waals surface area contributed by atoms with Gasteiger partial charge < -0.3 is 30.1 Å². The number of rotatable bonds is 8. The van der Waals surface area contributed by atoms with Crippen LogP contribution in [0, 0.1) is 5.92 Å². The van der Waals surface area contributed by atoms with E-state index >= 15 is 0 Å². The summed E-state index contributed by atoms with van der Waals surface area (Å²) in [6.45, 7) is 5.51. The summed E-state index contributed by atoms with van der Waals surface area (Å²) >= 11 is 0. The first-order valence-corrected chi connectivity index (χ1v) is 18.1. The van der Waals surface area contributed by atoms with Crippen LogP contribution in [-0.4, -0.2) is 86.3 Å². The molecule has 4 rings (SSSR count). The van der Waals surface area contributed by atoms with E-state index in [4.69, 9.17) is 9.47 Å². The number of aliphatic hydroxyl groups is 1. The van der Waals surface area contributed by atoms with Crippen molar-refractivity contribution >= 4 is 33.3 Å². The van der Waals surface area contributed by atoms with E-state index < -0.39 is 51.8 Å². The number of fused-ring (bicyclic) bond motifs is 1. The lowest BCUT2D eigenvalue weighted by Crippen LogP contribution is -2.48. The number of aliphatic hydroxyl groups excluding tert-OH is 1. The van der Waals surface area contributed by atoms with E-state index in [0.29, 0.717) is 19.4 Å². The quantitative estimate of drug-likeness (QED) is 0.242. The third-order valence-electron chi connectivity index (χ3n) is 8.67. The first kappa shape index (κ1) is 39.6. The van der Waals surface area contributed by atoms with E-state index in [1.54, 1.807) is 37.3 Å². The lowest BCUT2D eigenvalue weighted by molar-refractivity contribution is -0.137. The average molecular weight is 735 g/mol. The topological polar surface area (TPSA) is 138 Å². The van der Waals surface area contributed by atoms with Crippen LogP contribution in [0.5, 0.6) is 5.75 Å². The maximum atomic E-state index is 14.3. The monoisotopic (exact) mass is 734 g/mol. The molecular formula is C36H45F3N4O7S. The van der Waals surface area contributed by atoms with Gasteiger partial charge in [-0.3, -0.25) is 4.79 Å². The van der Waals surface area contributed by atoms with Crippen LogP contribution in [0.25, 0.3) is 0 Å². The lowest BCUT2D eigenvalue weighted by Gasteiger charge is -2.35. The molecule has 0 aliphatic carbocycles. The van der Waals surface area contributed by atoms with Crippen LogP contribution >= 0.6 is 0 Å². The minimum atomic E-state index is -4.52. The molecule has 15 heteroatoms. The Bertz CT molecular complexity index is 1730. The number of anilines is 2. The van der Waals surface area contributed by atoms with Crippen LogP contribution in [-0.2, 0) is 20.9 Å². The highest BCUT2D eigenvalue weighted by Crippen LogP contribution is 2.31. The van der Waals surface area contributed by atoms with Crippen molar-refractivity contribution in [3.05, 3.63) is 83.9 Å². The molecule has 0 saturated heterocycles. The fraction of sp³-hybridized carbons (Fsp3) is 0.444. The van der Waals surface area contributed by atoms with Gasteiger partial charge in [-0.2, -0.15) is 17.5 Å². The minimum absolute atomic E-state index is 0.0200. The third-order valence-corrected chi connectivity index (χ3v) is 10.5. The van der Waals surface area contributed by atoms with Crippen molar-refractivity contribution in [2.75, 3.05) is 44.0 Å². The number of nitrogens with zero attached hydrogens (tertiary/aromatic N) is 2. The number of carbonyl (C=O) groups excluding carboxylic acids is 2. The fourth-order valence-electron chi connectivity index (χ4n) is 5.62. The van der Waals surface area contributed by atoms with Crippen molar-refractivity contribution in [1.29, 1.82) is 0 Å². The number of benzene rings is 3. The van der Waals surface area contributed by atoms with E-state index in [1.165, 1.54) is 34.5 Å². The van der Waals surface area contributed by atoms with E-state index in [0.717, 1.165) is 30.7 Å². The molecule has 0 spiro atoms. The number of hydrogen-bond donors (Lipinski definition) is 3. The normalized spacial score (nSPS) is 20.1. The first-order chi connectivity index (χ1) is 24.1. The molecule has 3 aromatic rings. The number of sulfonamides is 1. The van der Waals surface area contributed by atoms with Gasteiger partial charge in [-0.1, -0.05) is 25.1 Å². The summed E-state index contributed by atoms with van der Waals surface area (Å²) in [6.07, 6.45) is -3.37. The van der Waals surface area contributed by atoms with Gasteiger partial charge in [0.05, 0.1) is 40.9 Å². The van der Waals surface area contributed by atoms with E-state index in [9.17, 15) is 36.3 Å². The largest absolute Gasteiger partial charge is 0.490 e. The van der Waals surface area contributed by atoms with Crippen molar-refractivity contribution in [1.82, 2.24) is 9.21 Å². The Kier molecular flexibility index (Phi) is 13.5. The number of alkyl halides is 3. The Balaban J connectivity index is 1.60. The highest BCUT2D eigenvalue weighted by atomic mass is 32.2. The molecule has 278 valence electrons. The average Bonchev–Trinajstić information content (AvgIpc) is 3.09. The molecular weight excluding hydrogens is 689 g/mol. The molecule has 0 fully saturated rings. The van der Waals surface area contributed by atoms with Crippen molar-refractivity contribution < 1.29 is 45.8 Å². The maximum Gasteiger partial charge on any atom is 0.416 e. The number of amides is 3. The standard InChI is InChI=1S/C36H45F3N4O7S/c1-24-21-43(25(2)23-44)34(45)31-20-29(41-35(46)40-28-15-13-27(14-16-28)36(37,38)39)17-18-32(31)50-26(3)10-8-9-19-49-33(24)22-42(4)51(47,48)30-11-6-5-7-12-30/h5-7,11-18,20,24-26,33,44H,8-10,19,21-23H2,1-4H3,(H2,40,41,46)/t24-,25-,26+,33-/m1/s1. The predicted molar refractivity (Wildman–Crippen MR) is 187 cm³/mol. The smallest absolute Gasteiger partial charge is 0.416 e. The van der Waals surface area contributed by atoms with E-state index in [1.807, 2.05) is 13.8 Å². The second-order valence-corrected chi connectivity index (χ2v) is 14.8. The first-order valence-electron chi connectivity index (χ1n) is 16.7. The lowest BCUT2D eigenvalue weighted by atomic mass is 10.0. The van der Waals surface area contributed by atoms with Gasteiger partial charge in [-0.25, -0.2) is 13.2 Å². The van der Waals surface area contributed by atoms with Crippen molar-refractivity contribution in [3.63, 3.8) is 0 Å². The molecule has 1 aliphatic heterocycles. The SMILES string of the molecule is C[C@@H]1CN([C@H](C)CO)C(=O)c2cc(NC(=O)Nc3ccc(C(F)(F)F)cc3)ccc2O[C@@H](C)CCCCO[C@@H]1CN(C)S(=O)(=O)c1ccccc1. The number of ether oxygens (including phenoxy) is 2. The highest BCUT2D eigenvalue weighted by molar-refractivity contribution is 7.89. The zero-order chi connectivity index (χ0) is 37.3. The Morgan fingerprint density at radius 2 is 1.67 bits per heavy atom. The molecule has 0 saturated carbocycles. The molecule has 3 N–H and O–H groups in total. The predicted octanol–water partition coefficient (Wildman–Crippen LogP) is 6.47. The van der Waals surface area contributed by atoms with Gasteiger partial charge in [0.1, 0.15) is 5.75 Å². The molecule has 3 amide bonds. The summed E-state index contributed by atoms with van der Waals surface area (Å²) in [5.41, 5.74) is -0.407. The van der Waals surface area contributed by atoms with Gasteiger partial charge in [0.15, 0.2) is 0 Å². The Morgan fingerprint density at radius 3 is 2.31 bits per heavy atom. The summed E-state index contributed by atoms with van der Waals surface area (Å²) in [5.74, 6) is -0.626. The summed E-state index contributed by atoms with van der Waals surface area (Å²) in [4.78, 5) is 28.8. The van der Waals surface area contributed by atoms with Crippen molar-refractivity contribution in [2.24, 2.45) is 5.92 Å². The van der Waals surface area contributed by atoms with Gasteiger partial charge in [0, 0.05) is 44.0 Å². The number of urea groups is 1. The molecule has 51 heavy (non-hydrogen) atoms. The molecule has 11 nitrogen and oxygen atoms in total. The summed E-state index contributed by atoms with van der Waals surface area (Å²) < 4.78 is 79.3. The Labute approximate surface area is 296 Å². The number of hydrogen-bond acceptors (Lipinski definition) is 7. The van der Waals surface area contributed by atoms with Crippen LogP contribution in [0.15, 0.2) is 77.7 Å². The number of likely N-dealkylation sites (N-methyl/N-ethyl adjacent to an activating group) is 1. The van der Waals surface area contributed by atoms with Crippen LogP contribution in [0.4, 0.5) is 29.3 Å². The molecule has 0 radical (unpaired) electrons. The van der Waals surface area contributed by atoms with Crippen LogP contribution < -0.4 is 15.4 Å². The zero-order valence-electron chi connectivity index (χ0n) is 29.0. The summed E-state index contributed by atoms with van der Waals surface area (Å²) in [6, 6.07) is 15.2. The van der Waals surface area contributed by atoms with Gasteiger partial charge in [-0.05, 0) is 87.7 Å². The molecule has 4 atom stereocenters. The molecule has 0 bridgehead atoms. The molecule has 1 heterocycles. The highest BCUT2D eigenvalue weighted by Gasteiger charge is 2.33. The van der Waals surface area contributed by atoms with Gasteiger partial charge in [0.2, 0.25) is 10.0 Å². The second kappa shape index (κ2) is 17.4. The zero-order valence-corrected chi connectivity index (χ0v) is 29.8. The second-order valence-electron chi connectivity index (χ2n) is 12.8. The van der Waals surface area contributed by atoms with Crippen LogP contribution in [0.1, 0.15) is 56.0 Å².